The van der Waals surface area contributed by atoms with Gasteiger partial charge in [-0.15, -0.1) is 0 Å². The lowest BCUT2D eigenvalue weighted by molar-refractivity contribution is 0.640. The fraction of sp³-hybridized carbons (Fsp3) is 0.250. The van der Waals surface area contributed by atoms with Gasteiger partial charge in [0.15, 0.2) is 0 Å². The first kappa shape index (κ1) is 7.80. The van der Waals surface area contributed by atoms with Crippen molar-refractivity contribution in [3.8, 4) is 11.1 Å². The Bertz CT molecular complexity index is 427. The van der Waals surface area contributed by atoms with Gasteiger partial charge in [-0.3, -0.25) is 4.68 Å². The van der Waals surface area contributed by atoms with Gasteiger partial charge in [0.25, 0.3) is 0 Å². The third-order valence-corrected chi connectivity index (χ3v) is 2.55. The Labute approximate surface area is 83.2 Å². The van der Waals surface area contributed by atoms with Crippen LogP contribution in [0.25, 0.3) is 11.1 Å². The summed E-state index contributed by atoms with van der Waals surface area (Å²) in [5, 5.41) is 4.25. The molecule has 1 aliphatic rings. The molecule has 1 heterocycles. The van der Waals surface area contributed by atoms with Crippen molar-refractivity contribution in [2.45, 2.75) is 18.9 Å². The van der Waals surface area contributed by atoms with Gasteiger partial charge in [-0.05, 0) is 18.4 Å². The lowest BCUT2D eigenvalue weighted by Gasteiger charge is -1.95. The second-order valence-electron chi connectivity index (χ2n) is 3.73. The average molecular weight is 183 g/mol. The standard InChI is InChI=1S/C12H11N2/c1-2-4-10(5-3-1)11-8-13-14(9-11)12-6-7-12/h1-5,9,12H,6-7H2. The smallest absolute Gasteiger partial charge is 0.121 e. The number of benzene rings is 1. The number of hydrogen-bond acceptors (Lipinski definition) is 1. The molecule has 3 rings (SSSR count). The van der Waals surface area contributed by atoms with E-state index in [1.807, 2.05) is 22.9 Å². The van der Waals surface area contributed by atoms with Gasteiger partial charge >= 0.3 is 0 Å². The summed E-state index contributed by atoms with van der Waals surface area (Å²) < 4.78 is 2.03. The molecular weight excluding hydrogens is 172 g/mol. The molecule has 1 radical (unpaired) electrons. The van der Waals surface area contributed by atoms with Gasteiger partial charge in [-0.25, -0.2) is 0 Å². The number of nitrogens with zero attached hydrogens (tertiary/aromatic N) is 2. The van der Waals surface area contributed by atoms with Crippen LogP contribution in [-0.4, -0.2) is 9.78 Å². The van der Waals surface area contributed by atoms with Crippen LogP contribution < -0.4 is 0 Å². The molecule has 0 N–H and O–H groups in total. The number of rotatable bonds is 2. The lowest BCUT2D eigenvalue weighted by Crippen LogP contribution is -1.91. The SMILES string of the molecule is [c]1nn(C2CC2)cc1-c1ccccc1. The zero-order valence-electron chi connectivity index (χ0n) is 7.85. The van der Waals surface area contributed by atoms with Crippen molar-refractivity contribution in [2.24, 2.45) is 0 Å². The van der Waals surface area contributed by atoms with Crippen LogP contribution in [0.15, 0.2) is 36.5 Å². The van der Waals surface area contributed by atoms with Crippen LogP contribution in [0.5, 0.6) is 0 Å². The molecule has 0 atom stereocenters. The highest BCUT2D eigenvalue weighted by Gasteiger charge is 2.24. The number of hydrogen-bond donors (Lipinski definition) is 0. The molecule has 1 aromatic heterocycles. The maximum absolute atomic E-state index is 4.25. The molecule has 0 spiro atoms. The highest BCUT2D eigenvalue weighted by molar-refractivity contribution is 5.60. The van der Waals surface area contributed by atoms with Crippen molar-refractivity contribution in [1.82, 2.24) is 9.78 Å². The molecule has 0 aliphatic heterocycles. The van der Waals surface area contributed by atoms with Gasteiger partial charge in [-0.2, -0.15) is 5.10 Å². The van der Waals surface area contributed by atoms with E-state index in [0.29, 0.717) is 6.04 Å². The van der Waals surface area contributed by atoms with Gasteiger partial charge in [0.2, 0.25) is 0 Å². The summed E-state index contributed by atoms with van der Waals surface area (Å²) >= 11 is 0. The summed E-state index contributed by atoms with van der Waals surface area (Å²) in [4.78, 5) is 0. The van der Waals surface area contributed by atoms with Crippen molar-refractivity contribution < 1.29 is 0 Å². The Morgan fingerprint density at radius 2 is 2.00 bits per heavy atom. The Balaban J connectivity index is 1.96. The van der Waals surface area contributed by atoms with Crippen LogP contribution in [0.1, 0.15) is 18.9 Å². The molecule has 2 heteroatoms. The highest BCUT2D eigenvalue weighted by atomic mass is 15.3. The van der Waals surface area contributed by atoms with Gasteiger partial charge in [0, 0.05) is 11.8 Å². The minimum absolute atomic E-state index is 0.642. The van der Waals surface area contributed by atoms with Crippen LogP contribution in [0.2, 0.25) is 0 Å². The van der Waals surface area contributed by atoms with Gasteiger partial charge in [0.05, 0.1) is 6.04 Å². The van der Waals surface area contributed by atoms with E-state index in [9.17, 15) is 0 Å². The maximum atomic E-state index is 4.25. The summed E-state index contributed by atoms with van der Waals surface area (Å²) in [6, 6.07) is 10.9. The predicted octanol–water partition coefficient (Wildman–Crippen LogP) is 2.69. The van der Waals surface area contributed by atoms with E-state index in [2.05, 4.69) is 29.6 Å². The molecule has 69 valence electrons. The maximum Gasteiger partial charge on any atom is 0.121 e. The van der Waals surface area contributed by atoms with Crippen LogP contribution in [-0.2, 0) is 0 Å². The molecule has 2 nitrogen and oxygen atoms in total. The lowest BCUT2D eigenvalue weighted by atomic mass is 10.1. The van der Waals surface area contributed by atoms with Crippen molar-refractivity contribution in [3.05, 3.63) is 42.7 Å². The fourth-order valence-electron chi connectivity index (χ4n) is 1.58. The van der Waals surface area contributed by atoms with Crippen molar-refractivity contribution >= 4 is 0 Å². The molecule has 1 saturated carbocycles. The molecule has 0 unspecified atom stereocenters. The van der Waals surface area contributed by atoms with E-state index in [1.54, 1.807) is 0 Å². The average Bonchev–Trinajstić information content (AvgIpc) is 2.98. The summed E-state index contributed by atoms with van der Waals surface area (Å²) in [5.74, 6) is 0. The summed E-state index contributed by atoms with van der Waals surface area (Å²) in [7, 11) is 0. The van der Waals surface area contributed by atoms with Gasteiger partial charge in [0.1, 0.15) is 6.20 Å². The largest absolute Gasteiger partial charge is 0.268 e. The molecule has 1 aromatic carbocycles. The van der Waals surface area contributed by atoms with Crippen molar-refractivity contribution in [3.63, 3.8) is 0 Å². The predicted molar refractivity (Wildman–Crippen MR) is 54.8 cm³/mol. The van der Waals surface area contributed by atoms with Crippen molar-refractivity contribution in [2.75, 3.05) is 0 Å². The monoisotopic (exact) mass is 183 g/mol. The molecule has 1 fully saturated rings. The van der Waals surface area contributed by atoms with Crippen LogP contribution in [0, 0.1) is 6.20 Å². The number of aromatic nitrogens is 2. The minimum Gasteiger partial charge on any atom is -0.268 e. The van der Waals surface area contributed by atoms with E-state index in [1.165, 1.54) is 18.4 Å². The second-order valence-corrected chi connectivity index (χ2v) is 3.73. The van der Waals surface area contributed by atoms with Gasteiger partial charge in [-0.1, -0.05) is 30.3 Å². The third-order valence-electron chi connectivity index (χ3n) is 2.55. The molecule has 2 aromatic rings. The van der Waals surface area contributed by atoms with Crippen LogP contribution in [0.4, 0.5) is 0 Å². The van der Waals surface area contributed by atoms with E-state index in [4.69, 9.17) is 0 Å². The quantitative estimate of drug-likeness (QED) is 0.700. The van der Waals surface area contributed by atoms with Crippen LogP contribution >= 0.6 is 0 Å². The third kappa shape index (κ3) is 1.33. The Morgan fingerprint density at radius 1 is 1.21 bits per heavy atom. The molecule has 1 aliphatic carbocycles. The Hall–Kier alpha value is -1.57. The molecule has 0 bridgehead atoms. The summed E-state index contributed by atoms with van der Waals surface area (Å²) in [6.45, 7) is 0. The van der Waals surface area contributed by atoms with Crippen LogP contribution in [0.3, 0.4) is 0 Å². The normalized spacial score (nSPS) is 15.7. The minimum atomic E-state index is 0.642. The first-order chi connectivity index (χ1) is 6.93. The van der Waals surface area contributed by atoms with E-state index in [-0.39, 0.29) is 0 Å². The first-order valence-electron chi connectivity index (χ1n) is 4.96. The van der Waals surface area contributed by atoms with E-state index in [0.717, 1.165) is 5.56 Å². The van der Waals surface area contributed by atoms with Gasteiger partial charge < -0.3 is 0 Å². The summed E-state index contributed by atoms with van der Waals surface area (Å²) in [5.41, 5.74) is 2.29. The molecule has 0 saturated heterocycles. The topological polar surface area (TPSA) is 17.8 Å². The first-order valence-corrected chi connectivity index (χ1v) is 4.96. The zero-order chi connectivity index (χ0) is 9.38. The Morgan fingerprint density at radius 3 is 2.71 bits per heavy atom. The molecule has 14 heavy (non-hydrogen) atoms. The zero-order valence-corrected chi connectivity index (χ0v) is 7.85. The second kappa shape index (κ2) is 2.98. The molecule has 0 amide bonds. The Kier molecular flexibility index (Phi) is 1.66. The highest BCUT2D eigenvalue weighted by Crippen LogP contribution is 2.34. The fourth-order valence-corrected chi connectivity index (χ4v) is 1.58. The van der Waals surface area contributed by atoms with Crippen molar-refractivity contribution in [1.29, 1.82) is 0 Å². The van der Waals surface area contributed by atoms with E-state index < -0.39 is 0 Å². The summed E-state index contributed by atoms with van der Waals surface area (Å²) in [6.07, 6.45) is 7.68. The molecular formula is C12H11N2. The van der Waals surface area contributed by atoms with E-state index >= 15 is 0 Å².